The standard InChI is InChI=1S/C25H32N2O7/c1-31-21-9-6-10-22(32-2)24(21)34-16-19(28)15-26-25(30)18-11-13-27(14-12-18)23(29)17-33-20-7-4-3-5-8-20/h3-10,18-19,28H,11-17H2,1-2H3,(H,26,30). The maximum absolute atomic E-state index is 12.5. The summed E-state index contributed by atoms with van der Waals surface area (Å²) in [7, 11) is 3.04. The van der Waals surface area contributed by atoms with Gasteiger partial charge in [-0.15, -0.1) is 0 Å². The van der Waals surface area contributed by atoms with Crippen LogP contribution in [-0.4, -0.2) is 75.0 Å². The predicted molar refractivity (Wildman–Crippen MR) is 125 cm³/mol. The third kappa shape index (κ3) is 7.02. The summed E-state index contributed by atoms with van der Waals surface area (Å²) in [4.78, 5) is 26.6. The third-order valence-electron chi connectivity index (χ3n) is 5.64. The molecule has 2 aromatic carbocycles. The number of benzene rings is 2. The summed E-state index contributed by atoms with van der Waals surface area (Å²) < 4.78 is 21.7. The highest BCUT2D eigenvalue weighted by atomic mass is 16.5. The number of nitrogens with one attached hydrogen (secondary N) is 1. The lowest BCUT2D eigenvalue weighted by Crippen LogP contribution is -2.45. The van der Waals surface area contributed by atoms with Crippen molar-refractivity contribution in [1.29, 1.82) is 0 Å². The molecule has 3 rings (SSSR count). The fourth-order valence-electron chi connectivity index (χ4n) is 3.70. The van der Waals surface area contributed by atoms with Crippen molar-refractivity contribution >= 4 is 11.8 Å². The molecule has 0 aliphatic carbocycles. The Morgan fingerprint density at radius 1 is 1.00 bits per heavy atom. The van der Waals surface area contributed by atoms with Crippen molar-refractivity contribution in [2.75, 3.05) is 47.1 Å². The van der Waals surface area contributed by atoms with Gasteiger partial charge in [-0.3, -0.25) is 9.59 Å². The number of piperidine rings is 1. The average molecular weight is 473 g/mol. The van der Waals surface area contributed by atoms with Gasteiger partial charge in [0.25, 0.3) is 5.91 Å². The monoisotopic (exact) mass is 472 g/mol. The van der Waals surface area contributed by atoms with Crippen LogP contribution in [0.4, 0.5) is 0 Å². The van der Waals surface area contributed by atoms with Gasteiger partial charge in [-0.1, -0.05) is 24.3 Å². The van der Waals surface area contributed by atoms with E-state index in [9.17, 15) is 14.7 Å². The number of rotatable bonds is 11. The molecule has 0 radical (unpaired) electrons. The normalized spacial score (nSPS) is 14.7. The number of carbonyl (C=O) groups is 2. The summed E-state index contributed by atoms with van der Waals surface area (Å²) in [5.74, 6) is 1.59. The number of para-hydroxylation sites is 2. The van der Waals surface area contributed by atoms with E-state index in [2.05, 4.69) is 5.32 Å². The van der Waals surface area contributed by atoms with E-state index in [1.54, 1.807) is 35.2 Å². The first-order valence-corrected chi connectivity index (χ1v) is 11.3. The Morgan fingerprint density at radius 3 is 2.26 bits per heavy atom. The molecule has 1 aliphatic rings. The number of aliphatic hydroxyl groups is 1. The SMILES string of the molecule is COc1cccc(OC)c1OCC(O)CNC(=O)C1CCN(C(=O)COc2ccccc2)CC1. The van der Waals surface area contributed by atoms with Gasteiger partial charge < -0.3 is 34.3 Å². The van der Waals surface area contributed by atoms with Crippen molar-refractivity contribution in [2.45, 2.75) is 18.9 Å². The topological polar surface area (TPSA) is 107 Å². The molecule has 1 fully saturated rings. The molecule has 0 aromatic heterocycles. The number of methoxy groups -OCH3 is 2. The second kappa shape index (κ2) is 12.7. The Kier molecular flexibility index (Phi) is 9.40. The average Bonchev–Trinajstić information content (AvgIpc) is 2.89. The number of nitrogens with zero attached hydrogens (tertiary/aromatic N) is 1. The molecule has 1 unspecified atom stereocenters. The largest absolute Gasteiger partial charge is 0.493 e. The highest BCUT2D eigenvalue weighted by Gasteiger charge is 2.27. The van der Waals surface area contributed by atoms with Gasteiger partial charge in [0, 0.05) is 25.6 Å². The molecule has 9 nitrogen and oxygen atoms in total. The number of carbonyl (C=O) groups excluding carboxylic acids is 2. The summed E-state index contributed by atoms with van der Waals surface area (Å²) in [5.41, 5.74) is 0. The number of aliphatic hydroxyl groups excluding tert-OH is 1. The van der Waals surface area contributed by atoms with E-state index in [4.69, 9.17) is 18.9 Å². The van der Waals surface area contributed by atoms with Gasteiger partial charge in [0.05, 0.1) is 14.2 Å². The molecule has 1 aliphatic heterocycles. The minimum Gasteiger partial charge on any atom is -0.493 e. The summed E-state index contributed by atoms with van der Waals surface area (Å²) in [6.45, 7) is 0.985. The Morgan fingerprint density at radius 2 is 1.65 bits per heavy atom. The molecular formula is C25H32N2O7. The first-order valence-electron chi connectivity index (χ1n) is 11.3. The van der Waals surface area contributed by atoms with Gasteiger partial charge in [-0.05, 0) is 37.1 Å². The molecule has 2 N–H and O–H groups in total. The van der Waals surface area contributed by atoms with E-state index in [0.717, 1.165) is 0 Å². The van der Waals surface area contributed by atoms with E-state index < -0.39 is 6.10 Å². The van der Waals surface area contributed by atoms with Crippen molar-refractivity contribution < 1.29 is 33.6 Å². The quantitative estimate of drug-likeness (QED) is 0.514. The summed E-state index contributed by atoms with van der Waals surface area (Å²) in [6, 6.07) is 14.4. The molecule has 1 atom stereocenters. The Hall–Kier alpha value is -3.46. The summed E-state index contributed by atoms with van der Waals surface area (Å²) in [5, 5.41) is 13.0. The van der Waals surface area contributed by atoms with Crippen LogP contribution >= 0.6 is 0 Å². The van der Waals surface area contributed by atoms with Gasteiger partial charge in [0.1, 0.15) is 18.5 Å². The first kappa shape index (κ1) is 25.2. The molecule has 2 aromatic rings. The van der Waals surface area contributed by atoms with Crippen molar-refractivity contribution in [2.24, 2.45) is 5.92 Å². The van der Waals surface area contributed by atoms with Gasteiger partial charge in [0.15, 0.2) is 18.1 Å². The zero-order valence-electron chi connectivity index (χ0n) is 19.6. The third-order valence-corrected chi connectivity index (χ3v) is 5.64. The van der Waals surface area contributed by atoms with Crippen LogP contribution in [0.25, 0.3) is 0 Å². The fraction of sp³-hybridized carbons (Fsp3) is 0.440. The molecule has 1 heterocycles. The van der Waals surface area contributed by atoms with Crippen LogP contribution in [0.1, 0.15) is 12.8 Å². The number of ether oxygens (including phenoxy) is 4. The molecule has 184 valence electrons. The second-order valence-electron chi connectivity index (χ2n) is 7.96. The second-order valence-corrected chi connectivity index (χ2v) is 7.96. The number of likely N-dealkylation sites (tertiary alicyclic amines) is 1. The van der Waals surface area contributed by atoms with Crippen LogP contribution in [0.3, 0.4) is 0 Å². The van der Waals surface area contributed by atoms with Crippen LogP contribution in [0, 0.1) is 5.92 Å². The molecule has 0 saturated carbocycles. The highest BCUT2D eigenvalue weighted by molar-refractivity contribution is 5.80. The predicted octanol–water partition coefficient (Wildman–Crippen LogP) is 1.88. The van der Waals surface area contributed by atoms with Crippen molar-refractivity contribution in [3.63, 3.8) is 0 Å². The Balaban J connectivity index is 1.37. The zero-order valence-corrected chi connectivity index (χ0v) is 19.6. The van der Waals surface area contributed by atoms with Crippen LogP contribution < -0.4 is 24.3 Å². The molecule has 2 amide bonds. The fourth-order valence-corrected chi connectivity index (χ4v) is 3.70. The lowest BCUT2D eigenvalue weighted by molar-refractivity contribution is -0.137. The lowest BCUT2D eigenvalue weighted by Gasteiger charge is -2.31. The van der Waals surface area contributed by atoms with Crippen LogP contribution in [0.15, 0.2) is 48.5 Å². The highest BCUT2D eigenvalue weighted by Crippen LogP contribution is 2.36. The van der Waals surface area contributed by atoms with E-state index in [1.807, 2.05) is 18.2 Å². The van der Waals surface area contributed by atoms with Crippen molar-refractivity contribution in [3.8, 4) is 23.0 Å². The molecule has 9 heteroatoms. The Bertz CT molecular complexity index is 908. The van der Waals surface area contributed by atoms with E-state index in [1.165, 1.54) is 14.2 Å². The van der Waals surface area contributed by atoms with Gasteiger partial charge in [0.2, 0.25) is 11.7 Å². The summed E-state index contributed by atoms with van der Waals surface area (Å²) >= 11 is 0. The summed E-state index contributed by atoms with van der Waals surface area (Å²) in [6.07, 6.45) is 0.220. The van der Waals surface area contributed by atoms with Crippen LogP contribution in [0.5, 0.6) is 23.0 Å². The number of hydrogen-bond acceptors (Lipinski definition) is 7. The molecule has 1 saturated heterocycles. The lowest BCUT2D eigenvalue weighted by atomic mass is 9.96. The van der Waals surface area contributed by atoms with Crippen molar-refractivity contribution in [1.82, 2.24) is 10.2 Å². The molecular weight excluding hydrogens is 440 g/mol. The minimum atomic E-state index is -0.907. The van der Waals surface area contributed by atoms with Crippen LogP contribution in [0.2, 0.25) is 0 Å². The number of amides is 2. The van der Waals surface area contributed by atoms with Gasteiger partial charge in [-0.2, -0.15) is 0 Å². The molecule has 34 heavy (non-hydrogen) atoms. The maximum Gasteiger partial charge on any atom is 0.260 e. The molecule has 0 spiro atoms. The molecule has 0 bridgehead atoms. The van der Waals surface area contributed by atoms with Crippen molar-refractivity contribution in [3.05, 3.63) is 48.5 Å². The first-order chi connectivity index (χ1) is 16.5. The Labute approximate surface area is 199 Å². The zero-order chi connectivity index (χ0) is 24.3. The van der Waals surface area contributed by atoms with E-state index >= 15 is 0 Å². The van der Waals surface area contributed by atoms with Gasteiger partial charge in [-0.25, -0.2) is 0 Å². The smallest absolute Gasteiger partial charge is 0.260 e. The number of hydrogen-bond donors (Lipinski definition) is 2. The van der Waals surface area contributed by atoms with E-state index in [-0.39, 0.29) is 37.5 Å². The maximum atomic E-state index is 12.5. The van der Waals surface area contributed by atoms with E-state index in [0.29, 0.717) is 48.9 Å². The van der Waals surface area contributed by atoms with Crippen LogP contribution in [-0.2, 0) is 9.59 Å². The minimum absolute atomic E-state index is 0.0238. The van der Waals surface area contributed by atoms with Gasteiger partial charge >= 0.3 is 0 Å².